The van der Waals surface area contributed by atoms with Crippen LogP contribution in [-0.2, 0) is 35.1 Å². The minimum absolute atomic E-state index is 0.0230. The Balaban J connectivity index is 0.704. The number of aromatic nitrogens is 2. The third-order valence-electron chi connectivity index (χ3n) is 11.2. The quantitative estimate of drug-likeness (QED) is 0.0468. The SMILES string of the molecule is CNC(=O)c1ccccc1Nc1nc(Nc2ccc(N3CCN(C(=O)NCCOCC(O)COCCOCCC(=O)Nc4ccc5c(c4)CN(C4CCC(=O)NC4=O)C5=O)CC3)cc2)ncc1Cl. The second-order valence-corrected chi connectivity index (χ2v) is 16.4. The van der Waals surface area contributed by atoms with E-state index >= 15 is 0 Å². The van der Waals surface area contributed by atoms with Crippen LogP contribution in [0.2, 0.25) is 5.02 Å². The van der Waals surface area contributed by atoms with Crippen molar-refractivity contribution in [1.82, 2.24) is 35.7 Å². The Labute approximate surface area is 397 Å². The van der Waals surface area contributed by atoms with E-state index in [1.54, 1.807) is 54.4 Å². The molecule has 4 aromatic rings. The fourth-order valence-corrected chi connectivity index (χ4v) is 7.85. The molecule has 3 aliphatic heterocycles. The molecular weight excluding hydrogens is 902 g/mol. The molecule has 68 heavy (non-hydrogen) atoms. The number of aliphatic hydroxyl groups excluding tert-OH is 1. The van der Waals surface area contributed by atoms with Gasteiger partial charge in [-0.3, -0.25) is 29.3 Å². The molecule has 7 amide bonds. The van der Waals surface area contributed by atoms with Crippen LogP contribution in [0.4, 0.5) is 39.3 Å². The first kappa shape index (κ1) is 49.0. The minimum Gasteiger partial charge on any atom is -0.388 e. The number of piperidine rings is 1. The summed E-state index contributed by atoms with van der Waals surface area (Å²) in [7, 11) is 1.56. The van der Waals surface area contributed by atoms with Gasteiger partial charge in [-0.2, -0.15) is 4.98 Å². The number of carbonyl (C=O) groups is 6. The van der Waals surface area contributed by atoms with Gasteiger partial charge in [-0.15, -0.1) is 0 Å². The van der Waals surface area contributed by atoms with Crippen molar-refractivity contribution >= 4 is 81.7 Å². The number of ether oxygens (including phenoxy) is 3. The summed E-state index contributed by atoms with van der Waals surface area (Å²) in [5.41, 5.74) is 4.41. The Kier molecular flexibility index (Phi) is 17.1. The number of urea groups is 1. The van der Waals surface area contributed by atoms with E-state index in [1.165, 1.54) is 11.1 Å². The summed E-state index contributed by atoms with van der Waals surface area (Å²) in [6.07, 6.45) is 1.13. The van der Waals surface area contributed by atoms with Crippen LogP contribution >= 0.6 is 11.6 Å². The molecule has 7 N–H and O–H groups in total. The molecule has 360 valence electrons. The molecule has 3 aliphatic rings. The lowest BCUT2D eigenvalue weighted by Gasteiger charge is -2.36. The maximum Gasteiger partial charge on any atom is 0.317 e. The predicted octanol–water partition coefficient (Wildman–Crippen LogP) is 3.01. The van der Waals surface area contributed by atoms with Gasteiger partial charge in [-0.1, -0.05) is 23.7 Å². The molecule has 0 spiro atoms. The van der Waals surface area contributed by atoms with Crippen molar-refractivity contribution in [3.8, 4) is 0 Å². The summed E-state index contributed by atoms with van der Waals surface area (Å²) >= 11 is 6.38. The number of nitrogens with one attached hydrogen (secondary N) is 6. The van der Waals surface area contributed by atoms with E-state index in [1.807, 2.05) is 24.3 Å². The van der Waals surface area contributed by atoms with Crippen LogP contribution in [0.15, 0.2) is 72.9 Å². The van der Waals surface area contributed by atoms with E-state index in [-0.39, 0.29) is 102 Å². The van der Waals surface area contributed by atoms with Crippen molar-refractivity contribution in [2.75, 3.05) is 100 Å². The highest BCUT2D eigenvalue weighted by atomic mass is 35.5. The number of imide groups is 1. The zero-order valence-corrected chi connectivity index (χ0v) is 38.2. The molecule has 0 bridgehead atoms. The lowest BCUT2D eigenvalue weighted by atomic mass is 10.0. The first-order valence-corrected chi connectivity index (χ1v) is 22.6. The van der Waals surface area contributed by atoms with E-state index in [4.69, 9.17) is 25.8 Å². The number of carbonyl (C=O) groups excluding carboxylic acids is 6. The van der Waals surface area contributed by atoms with E-state index < -0.39 is 18.1 Å². The van der Waals surface area contributed by atoms with E-state index in [0.29, 0.717) is 71.0 Å². The Morgan fingerprint density at radius 1 is 0.897 bits per heavy atom. The van der Waals surface area contributed by atoms with Gasteiger partial charge < -0.3 is 60.6 Å². The van der Waals surface area contributed by atoms with Gasteiger partial charge in [0.05, 0.1) is 63.5 Å². The molecular formula is C46H54ClN11O10. The van der Waals surface area contributed by atoms with Gasteiger partial charge in [0.1, 0.15) is 17.2 Å². The number of amides is 7. The number of anilines is 6. The average molecular weight is 956 g/mol. The summed E-state index contributed by atoms with van der Waals surface area (Å²) in [5.74, 6) is -0.988. The van der Waals surface area contributed by atoms with Crippen LogP contribution in [0.25, 0.3) is 0 Å². The minimum atomic E-state index is -0.875. The molecule has 7 rings (SSSR count). The number of fused-ring (bicyclic) bond motifs is 1. The van der Waals surface area contributed by atoms with Crippen LogP contribution in [0, 0.1) is 0 Å². The largest absolute Gasteiger partial charge is 0.388 e. The Morgan fingerprint density at radius 2 is 1.63 bits per heavy atom. The molecule has 3 aromatic carbocycles. The van der Waals surface area contributed by atoms with Gasteiger partial charge in [-0.25, -0.2) is 9.78 Å². The molecule has 4 heterocycles. The second-order valence-electron chi connectivity index (χ2n) is 16.0. The number of rotatable bonds is 21. The first-order chi connectivity index (χ1) is 32.9. The van der Waals surface area contributed by atoms with Crippen LogP contribution < -0.4 is 36.8 Å². The lowest BCUT2D eigenvalue weighted by Crippen LogP contribution is -2.52. The molecule has 2 atom stereocenters. The highest BCUT2D eigenvalue weighted by Gasteiger charge is 2.39. The number of para-hydroxylation sites is 1. The number of hydrogen-bond acceptors (Lipinski definition) is 15. The zero-order valence-electron chi connectivity index (χ0n) is 37.4. The summed E-state index contributed by atoms with van der Waals surface area (Å²) < 4.78 is 16.5. The number of hydrogen-bond donors (Lipinski definition) is 7. The monoisotopic (exact) mass is 955 g/mol. The fraction of sp³-hybridized carbons (Fsp3) is 0.391. The van der Waals surface area contributed by atoms with E-state index in [2.05, 4.69) is 46.8 Å². The molecule has 0 aliphatic carbocycles. The smallest absolute Gasteiger partial charge is 0.317 e. The topological polar surface area (TPSA) is 258 Å². The third kappa shape index (κ3) is 13.2. The zero-order chi connectivity index (χ0) is 48.0. The third-order valence-corrected chi connectivity index (χ3v) is 11.5. The maximum absolute atomic E-state index is 12.9. The predicted molar refractivity (Wildman–Crippen MR) is 251 cm³/mol. The summed E-state index contributed by atoms with van der Waals surface area (Å²) in [4.78, 5) is 88.5. The molecule has 2 fully saturated rings. The van der Waals surface area contributed by atoms with Crippen molar-refractivity contribution in [3.05, 3.63) is 94.6 Å². The molecule has 1 aromatic heterocycles. The first-order valence-electron chi connectivity index (χ1n) is 22.2. The highest BCUT2D eigenvalue weighted by molar-refractivity contribution is 6.33. The van der Waals surface area contributed by atoms with Gasteiger partial charge in [-0.05, 0) is 66.6 Å². The van der Waals surface area contributed by atoms with Gasteiger partial charge >= 0.3 is 6.03 Å². The number of aliphatic hydroxyl groups is 1. The second kappa shape index (κ2) is 23.7. The molecule has 0 saturated carbocycles. The van der Waals surface area contributed by atoms with Crippen LogP contribution in [0.5, 0.6) is 0 Å². The highest BCUT2D eigenvalue weighted by Crippen LogP contribution is 2.30. The Bertz CT molecular complexity index is 2460. The van der Waals surface area contributed by atoms with Crippen LogP contribution in [-0.4, -0.2) is 152 Å². The van der Waals surface area contributed by atoms with E-state index in [0.717, 1.165) is 11.4 Å². The lowest BCUT2D eigenvalue weighted by molar-refractivity contribution is -0.137. The molecule has 21 nitrogen and oxygen atoms in total. The average Bonchev–Trinajstić information content (AvgIpc) is 3.66. The summed E-state index contributed by atoms with van der Waals surface area (Å²) in [6, 6.07) is 18.9. The van der Waals surface area contributed by atoms with Crippen molar-refractivity contribution in [2.45, 2.75) is 38.0 Å². The number of benzene rings is 3. The Morgan fingerprint density at radius 3 is 2.40 bits per heavy atom. The molecule has 0 radical (unpaired) electrons. The van der Waals surface area contributed by atoms with Gasteiger partial charge in [0.15, 0.2) is 5.82 Å². The van der Waals surface area contributed by atoms with Crippen LogP contribution in [0.1, 0.15) is 45.5 Å². The number of halogens is 1. The van der Waals surface area contributed by atoms with Gasteiger partial charge in [0, 0.05) is 75.4 Å². The van der Waals surface area contributed by atoms with Gasteiger partial charge in [0.25, 0.3) is 11.8 Å². The fourth-order valence-electron chi connectivity index (χ4n) is 7.71. The van der Waals surface area contributed by atoms with Crippen molar-refractivity contribution < 1.29 is 48.1 Å². The molecule has 2 unspecified atom stereocenters. The summed E-state index contributed by atoms with van der Waals surface area (Å²) in [6.45, 7) is 3.66. The van der Waals surface area contributed by atoms with Gasteiger partial charge in [0.2, 0.25) is 23.7 Å². The molecule has 2 saturated heterocycles. The Hall–Kier alpha value is -6.91. The standard InChI is InChI=1S/C46H54ClN11O10/c1-48-42(62)35-4-2-3-5-37(35)53-41-36(47)25-50-45(55-41)52-30-6-9-32(10-7-30)56-16-18-57(19-17-56)46(65)49-15-21-67-27-33(59)28-68-23-22-66-20-14-40(61)51-31-8-11-34-29(24-31)26-58(44(34)64)38-12-13-39(60)54-43(38)63/h2-11,24-25,33,38,59H,12-23,26-28H2,1H3,(H,48,62)(H,49,65)(H,51,61)(H,54,60,63)(H2,50,52,53,55). The van der Waals surface area contributed by atoms with Crippen molar-refractivity contribution in [2.24, 2.45) is 0 Å². The number of piperazine rings is 1. The molecule has 22 heteroatoms. The van der Waals surface area contributed by atoms with Crippen molar-refractivity contribution in [3.63, 3.8) is 0 Å². The van der Waals surface area contributed by atoms with E-state index in [9.17, 15) is 33.9 Å². The van der Waals surface area contributed by atoms with Crippen molar-refractivity contribution in [1.29, 1.82) is 0 Å². The maximum atomic E-state index is 12.9. The van der Waals surface area contributed by atoms with Crippen LogP contribution in [0.3, 0.4) is 0 Å². The summed E-state index contributed by atoms with van der Waals surface area (Å²) in [5, 5.41) is 27.4. The number of nitrogens with zero attached hydrogens (tertiary/aromatic N) is 5. The normalized spacial score (nSPS) is 16.2.